The van der Waals surface area contributed by atoms with Crippen molar-refractivity contribution >= 4 is 0 Å². The SMILES string of the molecule is CC(C1CCO1)[N+](=O)[O-]. The summed E-state index contributed by atoms with van der Waals surface area (Å²) in [6.45, 7) is 2.26. The van der Waals surface area contributed by atoms with Crippen LogP contribution in [0.1, 0.15) is 13.3 Å². The van der Waals surface area contributed by atoms with E-state index in [1.54, 1.807) is 6.92 Å². The van der Waals surface area contributed by atoms with Crippen molar-refractivity contribution in [3.05, 3.63) is 10.1 Å². The van der Waals surface area contributed by atoms with Crippen LogP contribution in [0.15, 0.2) is 0 Å². The molecule has 0 bridgehead atoms. The highest BCUT2D eigenvalue weighted by molar-refractivity contribution is 4.71. The number of ether oxygens (including phenoxy) is 1. The van der Waals surface area contributed by atoms with Crippen molar-refractivity contribution in [2.75, 3.05) is 6.61 Å². The van der Waals surface area contributed by atoms with E-state index < -0.39 is 6.04 Å². The quantitative estimate of drug-likeness (QED) is 0.403. The summed E-state index contributed by atoms with van der Waals surface area (Å²) in [5, 5.41) is 10.1. The Morgan fingerprint density at radius 1 is 1.89 bits per heavy atom. The highest BCUT2D eigenvalue weighted by Gasteiger charge is 2.32. The summed E-state index contributed by atoms with van der Waals surface area (Å²) < 4.78 is 4.91. The van der Waals surface area contributed by atoms with Crippen LogP contribution in [0.25, 0.3) is 0 Å². The van der Waals surface area contributed by atoms with Crippen LogP contribution in [0, 0.1) is 10.1 Å². The maximum absolute atomic E-state index is 10.1. The van der Waals surface area contributed by atoms with E-state index in [9.17, 15) is 10.1 Å². The molecule has 0 aromatic rings. The van der Waals surface area contributed by atoms with E-state index in [0.29, 0.717) is 6.61 Å². The fourth-order valence-electron chi connectivity index (χ4n) is 0.770. The number of nitrogens with zero attached hydrogens (tertiary/aromatic N) is 1. The van der Waals surface area contributed by atoms with Gasteiger partial charge >= 0.3 is 0 Å². The van der Waals surface area contributed by atoms with E-state index in [1.165, 1.54) is 0 Å². The highest BCUT2D eigenvalue weighted by Crippen LogP contribution is 2.16. The lowest BCUT2D eigenvalue weighted by molar-refractivity contribution is -0.536. The molecule has 2 unspecified atom stereocenters. The van der Waals surface area contributed by atoms with Gasteiger partial charge in [0.25, 0.3) is 0 Å². The van der Waals surface area contributed by atoms with Gasteiger partial charge in [0.05, 0.1) is 6.61 Å². The first-order valence-electron chi connectivity index (χ1n) is 2.97. The van der Waals surface area contributed by atoms with Crippen LogP contribution < -0.4 is 0 Å². The molecule has 0 aliphatic carbocycles. The Labute approximate surface area is 53.0 Å². The summed E-state index contributed by atoms with van der Waals surface area (Å²) in [5.41, 5.74) is 0. The van der Waals surface area contributed by atoms with Gasteiger partial charge in [-0.1, -0.05) is 0 Å². The largest absolute Gasteiger partial charge is 0.371 e. The van der Waals surface area contributed by atoms with Gasteiger partial charge in [0, 0.05) is 18.3 Å². The molecule has 1 aliphatic rings. The normalized spacial score (nSPS) is 28.8. The first-order valence-corrected chi connectivity index (χ1v) is 2.97. The van der Waals surface area contributed by atoms with Crippen LogP contribution in [0.5, 0.6) is 0 Å². The Kier molecular flexibility index (Phi) is 1.66. The predicted molar refractivity (Wildman–Crippen MR) is 30.8 cm³/mol. The average molecular weight is 131 g/mol. The number of hydrogen-bond donors (Lipinski definition) is 0. The first-order chi connectivity index (χ1) is 4.22. The summed E-state index contributed by atoms with van der Waals surface area (Å²) in [7, 11) is 0. The van der Waals surface area contributed by atoms with Crippen LogP contribution in [0.3, 0.4) is 0 Å². The third kappa shape index (κ3) is 1.18. The minimum absolute atomic E-state index is 0.125. The molecule has 0 aromatic heterocycles. The third-order valence-electron chi connectivity index (χ3n) is 1.60. The first kappa shape index (κ1) is 6.48. The zero-order valence-corrected chi connectivity index (χ0v) is 5.24. The smallest absolute Gasteiger partial charge is 0.236 e. The molecule has 9 heavy (non-hydrogen) atoms. The minimum Gasteiger partial charge on any atom is -0.371 e. The summed E-state index contributed by atoms with van der Waals surface area (Å²) >= 11 is 0. The fourth-order valence-corrected chi connectivity index (χ4v) is 0.770. The Morgan fingerprint density at radius 3 is 2.56 bits per heavy atom. The highest BCUT2D eigenvalue weighted by atomic mass is 16.6. The Morgan fingerprint density at radius 2 is 2.44 bits per heavy atom. The lowest BCUT2D eigenvalue weighted by Crippen LogP contribution is -2.40. The van der Waals surface area contributed by atoms with Crippen molar-refractivity contribution in [1.29, 1.82) is 0 Å². The van der Waals surface area contributed by atoms with E-state index in [4.69, 9.17) is 4.74 Å². The molecule has 1 heterocycles. The lowest BCUT2D eigenvalue weighted by Gasteiger charge is -2.26. The average Bonchev–Trinajstić information content (AvgIpc) is 1.60. The second-order valence-corrected chi connectivity index (χ2v) is 2.22. The molecular weight excluding hydrogens is 122 g/mol. The lowest BCUT2D eigenvalue weighted by atomic mass is 10.1. The topological polar surface area (TPSA) is 52.4 Å². The van der Waals surface area contributed by atoms with E-state index in [2.05, 4.69) is 0 Å². The van der Waals surface area contributed by atoms with E-state index in [1.807, 2.05) is 0 Å². The fraction of sp³-hybridized carbons (Fsp3) is 1.00. The summed E-state index contributed by atoms with van der Waals surface area (Å²) in [5.74, 6) is 0. The van der Waals surface area contributed by atoms with Gasteiger partial charge in [0.1, 0.15) is 6.10 Å². The van der Waals surface area contributed by atoms with Gasteiger partial charge in [0.15, 0.2) is 0 Å². The molecule has 1 aliphatic heterocycles. The third-order valence-corrected chi connectivity index (χ3v) is 1.60. The van der Waals surface area contributed by atoms with Gasteiger partial charge in [-0.2, -0.15) is 0 Å². The van der Waals surface area contributed by atoms with Crippen molar-refractivity contribution in [2.24, 2.45) is 0 Å². The van der Waals surface area contributed by atoms with E-state index in [0.717, 1.165) is 6.42 Å². The standard InChI is InChI=1S/C5H9NO3/c1-4(6(7)8)5-2-3-9-5/h4-5H,2-3H2,1H3. The van der Waals surface area contributed by atoms with Gasteiger partial charge in [-0.25, -0.2) is 0 Å². The molecule has 1 rings (SSSR count). The van der Waals surface area contributed by atoms with Crippen LogP contribution in [0.4, 0.5) is 0 Å². The minimum atomic E-state index is -0.529. The van der Waals surface area contributed by atoms with Gasteiger partial charge in [-0.15, -0.1) is 0 Å². The van der Waals surface area contributed by atoms with Gasteiger partial charge in [-0.05, 0) is 0 Å². The van der Waals surface area contributed by atoms with Gasteiger partial charge in [-0.3, -0.25) is 10.1 Å². The Bertz CT molecular complexity index is 121. The molecular formula is C5H9NO3. The van der Waals surface area contributed by atoms with Gasteiger partial charge < -0.3 is 4.74 Å². The molecule has 0 N–H and O–H groups in total. The molecule has 52 valence electrons. The molecule has 1 fully saturated rings. The molecule has 4 heteroatoms. The van der Waals surface area contributed by atoms with Crippen LogP contribution >= 0.6 is 0 Å². The molecule has 0 saturated carbocycles. The van der Waals surface area contributed by atoms with Crippen LogP contribution in [0.2, 0.25) is 0 Å². The van der Waals surface area contributed by atoms with E-state index in [-0.39, 0.29) is 11.0 Å². The molecule has 4 nitrogen and oxygen atoms in total. The zero-order valence-electron chi connectivity index (χ0n) is 5.24. The molecule has 1 saturated heterocycles. The summed E-state index contributed by atoms with van der Waals surface area (Å²) in [6.07, 6.45) is 0.710. The summed E-state index contributed by atoms with van der Waals surface area (Å²) in [6, 6.07) is -0.529. The molecule has 0 aromatic carbocycles. The zero-order chi connectivity index (χ0) is 6.85. The van der Waals surface area contributed by atoms with Crippen molar-refractivity contribution < 1.29 is 9.66 Å². The van der Waals surface area contributed by atoms with Crippen molar-refractivity contribution in [2.45, 2.75) is 25.5 Å². The molecule has 0 spiro atoms. The number of hydrogen-bond acceptors (Lipinski definition) is 3. The Hall–Kier alpha value is -0.640. The molecule has 0 radical (unpaired) electrons. The second-order valence-electron chi connectivity index (χ2n) is 2.22. The van der Waals surface area contributed by atoms with Crippen molar-refractivity contribution in [3.63, 3.8) is 0 Å². The van der Waals surface area contributed by atoms with Crippen LogP contribution in [-0.4, -0.2) is 23.7 Å². The monoisotopic (exact) mass is 131 g/mol. The maximum atomic E-state index is 10.1. The number of nitro groups is 1. The number of rotatable bonds is 2. The maximum Gasteiger partial charge on any atom is 0.236 e. The van der Waals surface area contributed by atoms with Crippen molar-refractivity contribution in [3.8, 4) is 0 Å². The molecule has 0 amide bonds. The Balaban J connectivity index is 2.32. The summed E-state index contributed by atoms with van der Waals surface area (Å²) in [4.78, 5) is 9.76. The van der Waals surface area contributed by atoms with Crippen LogP contribution in [-0.2, 0) is 4.74 Å². The second kappa shape index (κ2) is 2.31. The predicted octanol–water partition coefficient (Wildman–Crippen LogP) is 0.440. The molecule has 2 atom stereocenters. The van der Waals surface area contributed by atoms with E-state index >= 15 is 0 Å². The van der Waals surface area contributed by atoms with Crippen molar-refractivity contribution in [1.82, 2.24) is 0 Å². The van der Waals surface area contributed by atoms with Gasteiger partial charge in [0.2, 0.25) is 6.04 Å².